The van der Waals surface area contributed by atoms with E-state index in [1.165, 1.54) is 13.8 Å². The van der Waals surface area contributed by atoms with Crippen molar-refractivity contribution in [2.45, 2.75) is 52.3 Å². The molecule has 0 saturated heterocycles. The Kier molecular flexibility index (Phi) is 10.7. The maximum atomic E-state index is 13.1. The van der Waals surface area contributed by atoms with Crippen LogP contribution < -0.4 is 16.0 Å². The van der Waals surface area contributed by atoms with Gasteiger partial charge in [0.25, 0.3) is 17.7 Å². The zero-order valence-corrected chi connectivity index (χ0v) is 18.7. The molecule has 1 aromatic carbocycles. The molecule has 1 aromatic rings. The van der Waals surface area contributed by atoms with Gasteiger partial charge >= 0.3 is 0 Å². The van der Waals surface area contributed by atoms with Gasteiger partial charge in [-0.1, -0.05) is 6.92 Å². The van der Waals surface area contributed by atoms with Gasteiger partial charge in [-0.2, -0.15) is 0 Å². The number of carbonyl (C=O) groups excluding carboxylic acids is 3. The number of nitrogens with one attached hydrogen (secondary N) is 3. The molecule has 0 aliphatic rings. The summed E-state index contributed by atoms with van der Waals surface area (Å²) in [6, 6.07) is -1.87. The number of carbonyl (C=O) groups is 3. The van der Waals surface area contributed by atoms with Gasteiger partial charge in [0.15, 0.2) is 0 Å². The van der Waals surface area contributed by atoms with Crippen LogP contribution in [0.4, 0.5) is 5.69 Å². The molecule has 11 nitrogen and oxygen atoms in total. The van der Waals surface area contributed by atoms with Gasteiger partial charge in [0.1, 0.15) is 6.10 Å². The third-order valence-electron chi connectivity index (χ3n) is 5.09. The van der Waals surface area contributed by atoms with Crippen LogP contribution in [0.5, 0.6) is 0 Å². The summed E-state index contributed by atoms with van der Waals surface area (Å²) < 4.78 is 0. The lowest BCUT2D eigenvalue weighted by Crippen LogP contribution is -2.42. The topological polar surface area (TPSA) is 188 Å². The fraction of sp³-hybridized carbons (Fsp3) is 0.571. The lowest BCUT2D eigenvalue weighted by Gasteiger charge is -2.25. The molecular weight excluding hydrogens is 422 g/mol. The second-order valence-corrected chi connectivity index (χ2v) is 7.44. The Morgan fingerprint density at radius 1 is 0.812 bits per heavy atom. The van der Waals surface area contributed by atoms with Gasteiger partial charge in [-0.3, -0.25) is 14.4 Å². The van der Waals surface area contributed by atoms with Crippen LogP contribution in [0.3, 0.4) is 0 Å². The number of amides is 3. The molecule has 8 N–H and O–H groups in total. The van der Waals surface area contributed by atoms with Gasteiger partial charge in [-0.05, 0) is 43.9 Å². The van der Waals surface area contributed by atoms with Gasteiger partial charge in [0.2, 0.25) is 0 Å². The average molecular weight is 456 g/mol. The Morgan fingerprint density at radius 3 is 1.62 bits per heavy atom. The van der Waals surface area contributed by atoms with Crippen LogP contribution >= 0.6 is 0 Å². The number of anilines is 1. The summed E-state index contributed by atoms with van der Waals surface area (Å²) in [5, 5.41) is 54.4. The van der Waals surface area contributed by atoms with E-state index in [-0.39, 0.29) is 28.8 Å². The number of benzene rings is 1. The Hall–Kier alpha value is -2.57. The minimum atomic E-state index is -1.35. The Bertz CT molecular complexity index is 833. The minimum absolute atomic E-state index is 0.0460. The summed E-state index contributed by atoms with van der Waals surface area (Å²) >= 11 is 0. The second kappa shape index (κ2) is 12.5. The summed E-state index contributed by atoms with van der Waals surface area (Å²) in [4.78, 5) is 38.3. The molecule has 3 amide bonds. The molecule has 0 aliphatic carbocycles. The molecular formula is C21H33N3O8. The van der Waals surface area contributed by atoms with E-state index in [1.54, 1.807) is 13.8 Å². The maximum absolute atomic E-state index is 13.1. The standard InChI is InChI=1S/C21H33N3O8/c1-5-15-17(21(32)23-14(8-27)9-28)10(2)16(20(31)22-13(6-25)7-26)11(3)18(15)24-19(30)12(4)29/h12-14,25-29H,5-9H2,1-4H3,(H,22,31)(H,23,32)(H,24,30). The molecule has 1 rings (SSSR count). The predicted molar refractivity (Wildman–Crippen MR) is 116 cm³/mol. The molecule has 0 aromatic heterocycles. The fourth-order valence-corrected chi connectivity index (χ4v) is 3.32. The van der Waals surface area contributed by atoms with E-state index in [2.05, 4.69) is 16.0 Å². The largest absolute Gasteiger partial charge is 0.394 e. The third-order valence-corrected chi connectivity index (χ3v) is 5.09. The van der Waals surface area contributed by atoms with Crippen molar-refractivity contribution in [1.82, 2.24) is 10.6 Å². The van der Waals surface area contributed by atoms with Crippen molar-refractivity contribution >= 4 is 23.4 Å². The lowest BCUT2D eigenvalue weighted by atomic mass is 9.88. The zero-order valence-electron chi connectivity index (χ0n) is 18.7. The summed E-state index contributed by atoms with van der Waals surface area (Å²) in [7, 11) is 0. The van der Waals surface area contributed by atoms with Crippen molar-refractivity contribution in [3.63, 3.8) is 0 Å². The van der Waals surface area contributed by atoms with E-state index in [1.807, 2.05) is 0 Å². The maximum Gasteiger partial charge on any atom is 0.252 e. The smallest absolute Gasteiger partial charge is 0.252 e. The van der Waals surface area contributed by atoms with E-state index in [0.717, 1.165) is 0 Å². The van der Waals surface area contributed by atoms with Crippen LogP contribution in [0.2, 0.25) is 0 Å². The SMILES string of the molecule is CCc1c(NC(=O)C(C)O)c(C)c(C(=O)NC(CO)CO)c(C)c1C(=O)NC(CO)CO. The van der Waals surface area contributed by atoms with Crippen LogP contribution in [-0.2, 0) is 11.2 Å². The van der Waals surface area contributed by atoms with Crippen molar-refractivity contribution in [1.29, 1.82) is 0 Å². The van der Waals surface area contributed by atoms with Crippen molar-refractivity contribution in [2.24, 2.45) is 0 Å². The molecule has 0 bridgehead atoms. The lowest BCUT2D eigenvalue weighted by molar-refractivity contribution is -0.123. The quantitative estimate of drug-likeness (QED) is 0.195. The summed E-state index contributed by atoms with van der Waals surface area (Å²) in [6.07, 6.45) is -1.07. The number of aliphatic hydroxyl groups is 5. The van der Waals surface area contributed by atoms with Crippen molar-refractivity contribution in [2.75, 3.05) is 31.7 Å². The summed E-state index contributed by atoms with van der Waals surface area (Å²) in [5.41, 5.74) is 1.30. The van der Waals surface area contributed by atoms with Crippen molar-refractivity contribution < 1.29 is 39.9 Å². The van der Waals surface area contributed by atoms with E-state index >= 15 is 0 Å². The predicted octanol–water partition coefficient (Wildman–Crippen LogP) is -1.65. The highest BCUT2D eigenvalue weighted by atomic mass is 16.3. The van der Waals surface area contributed by atoms with Gasteiger partial charge in [0.05, 0.1) is 38.5 Å². The third kappa shape index (κ3) is 6.24. The minimum Gasteiger partial charge on any atom is -0.394 e. The highest BCUT2D eigenvalue weighted by Gasteiger charge is 2.29. The van der Waals surface area contributed by atoms with Gasteiger partial charge < -0.3 is 41.5 Å². The number of hydrogen-bond donors (Lipinski definition) is 8. The number of aliphatic hydroxyl groups excluding tert-OH is 5. The zero-order chi connectivity index (χ0) is 24.6. The van der Waals surface area contributed by atoms with Gasteiger partial charge in [0, 0.05) is 16.8 Å². The van der Waals surface area contributed by atoms with Crippen LogP contribution in [0.15, 0.2) is 0 Å². The average Bonchev–Trinajstić information content (AvgIpc) is 2.76. The molecule has 0 spiro atoms. The molecule has 180 valence electrons. The normalized spacial score (nSPS) is 12.1. The second-order valence-electron chi connectivity index (χ2n) is 7.44. The first kappa shape index (κ1) is 27.5. The first-order chi connectivity index (χ1) is 15.1. The van der Waals surface area contributed by atoms with Gasteiger partial charge in [-0.15, -0.1) is 0 Å². The molecule has 1 unspecified atom stereocenters. The van der Waals surface area contributed by atoms with E-state index in [4.69, 9.17) is 0 Å². The van der Waals surface area contributed by atoms with E-state index in [9.17, 15) is 39.9 Å². The highest BCUT2D eigenvalue weighted by Crippen LogP contribution is 2.33. The van der Waals surface area contributed by atoms with Crippen LogP contribution in [-0.4, -0.2) is 87.9 Å². The first-order valence-corrected chi connectivity index (χ1v) is 10.3. The molecule has 0 saturated carbocycles. The number of rotatable bonds is 11. The first-order valence-electron chi connectivity index (χ1n) is 10.3. The van der Waals surface area contributed by atoms with Gasteiger partial charge in [-0.25, -0.2) is 0 Å². The van der Waals surface area contributed by atoms with Crippen LogP contribution in [0, 0.1) is 13.8 Å². The number of hydrogen-bond acceptors (Lipinski definition) is 8. The molecule has 0 radical (unpaired) electrons. The summed E-state index contributed by atoms with van der Waals surface area (Å²) in [6.45, 7) is 4.07. The molecule has 32 heavy (non-hydrogen) atoms. The van der Waals surface area contributed by atoms with E-state index in [0.29, 0.717) is 11.1 Å². The monoisotopic (exact) mass is 455 g/mol. The fourth-order valence-electron chi connectivity index (χ4n) is 3.32. The Morgan fingerprint density at radius 2 is 1.25 bits per heavy atom. The summed E-state index contributed by atoms with van der Waals surface area (Å²) in [5.74, 6) is -2.09. The van der Waals surface area contributed by atoms with Crippen LogP contribution in [0.25, 0.3) is 0 Å². The van der Waals surface area contributed by atoms with Crippen molar-refractivity contribution in [3.05, 3.63) is 27.8 Å². The molecule has 0 heterocycles. The Balaban J connectivity index is 3.76. The van der Waals surface area contributed by atoms with Crippen LogP contribution in [0.1, 0.15) is 51.3 Å². The molecule has 0 aliphatic heterocycles. The van der Waals surface area contributed by atoms with E-state index < -0.39 is 62.3 Å². The molecule has 0 fully saturated rings. The Labute approximate surface area is 186 Å². The highest BCUT2D eigenvalue weighted by molar-refractivity contribution is 6.08. The molecule has 1 atom stereocenters. The molecule has 11 heteroatoms. The van der Waals surface area contributed by atoms with Crippen molar-refractivity contribution in [3.8, 4) is 0 Å².